The van der Waals surface area contributed by atoms with Gasteiger partial charge in [0.05, 0.1) is 29.9 Å². The number of nitrogens with zero attached hydrogens (tertiary/aromatic N) is 5. The van der Waals surface area contributed by atoms with Crippen LogP contribution in [0.3, 0.4) is 0 Å². The highest BCUT2D eigenvalue weighted by atomic mass is 16.5. The molecule has 0 saturated carbocycles. The van der Waals surface area contributed by atoms with Crippen molar-refractivity contribution in [2.75, 3.05) is 24.6 Å². The first kappa shape index (κ1) is 16.1. The highest BCUT2D eigenvalue weighted by molar-refractivity contribution is 6.00. The molecule has 0 radical (unpaired) electrons. The van der Waals surface area contributed by atoms with E-state index in [1.54, 1.807) is 0 Å². The summed E-state index contributed by atoms with van der Waals surface area (Å²) in [6.07, 6.45) is 9.48. The van der Waals surface area contributed by atoms with Gasteiger partial charge in [0, 0.05) is 30.4 Å². The van der Waals surface area contributed by atoms with E-state index in [4.69, 9.17) is 9.72 Å². The molecule has 0 aromatic carbocycles. The predicted molar refractivity (Wildman–Crippen MR) is 105 cm³/mol. The van der Waals surface area contributed by atoms with Crippen molar-refractivity contribution in [3.8, 4) is 16.9 Å². The SMILES string of the molecule is CCOc1cc(-c2ccc(N3CCCCC3)nc2)c2c3cn[nH]c3nn2c1. The maximum atomic E-state index is 5.75. The molecular formula is C20H22N6O. The average molecular weight is 362 g/mol. The number of nitrogens with one attached hydrogen (secondary N) is 1. The molecule has 4 aromatic rings. The van der Waals surface area contributed by atoms with Crippen molar-refractivity contribution >= 4 is 22.4 Å². The minimum Gasteiger partial charge on any atom is -0.492 e. The van der Waals surface area contributed by atoms with Gasteiger partial charge >= 0.3 is 0 Å². The molecule has 1 N–H and O–H groups in total. The molecule has 7 nitrogen and oxygen atoms in total. The standard InChI is InChI=1S/C20H22N6O/c1-2-27-15-10-16(19-17-12-22-23-20(17)24-26(19)13-15)14-6-7-18(21-11-14)25-8-4-3-5-9-25/h6-7,10-13H,2-5,8-9H2,1H3,(H,23,24). The molecule has 5 rings (SSSR count). The van der Waals surface area contributed by atoms with Gasteiger partial charge in [-0.15, -0.1) is 5.10 Å². The number of rotatable bonds is 4. The zero-order chi connectivity index (χ0) is 18.2. The molecule has 0 aliphatic carbocycles. The van der Waals surface area contributed by atoms with Gasteiger partial charge in [-0.05, 0) is 44.4 Å². The largest absolute Gasteiger partial charge is 0.492 e. The maximum Gasteiger partial charge on any atom is 0.178 e. The molecule has 5 heterocycles. The summed E-state index contributed by atoms with van der Waals surface area (Å²) in [5.74, 6) is 1.84. The van der Waals surface area contributed by atoms with Gasteiger partial charge < -0.3 is 9.64 Å². The number of hydrogen-bond acceptors (Lipinski definition) is 5. The third-order valence-electron chi connectivity index (χ3n) is 5.15. The molecule has 138 valence electrons. The Bertz CT molecular complexity index is 1080. The normalized spacial score (nSPS) is 14.9. The highest BCUT2D eigenvalue weighted by Gasteiger charge is 2.16. The van der Waals surface area contributed by atoms with E-state index in [1.807, 2.05) is 30.0 Å². The lowest BCUT2D eigenvalue weighted by Gasteiger charge is -2.27. The molecule has 1 saturated heterocycles. The smallest absolute Gasteiger partial charge is 0.178 e. The Hall–Kier alpha value is -3.09. The number of hydrogen-bond donors (Lipinski definition) is 1. The molecule has 7 heteroatoms. The average Bonchev–Trinajstić information content (AvgIpc) is 3.29. The van der Waals surface area contributed by atoms with E-state index >= 15 is 0 Å². The van der Waals surface area contributed by atoms with Crippen LogP contribution < -0.4 is 9.64 Å². The number of ether oxygens (including phenoxy) is 1. The lowest BCUT2D eigenvalue weighted by molar-refractivity contribution is 0.338. The fraction of sp³-hybridized carbons (Fsp3) is 0.350. The Morgan fingerprint density at radius 3 is 2.81 bits per heavy atom. The van der Waals surface area contributed by atoms with Gasteiger partial charge in [0.1, 0.15) is 11.6 Å². The monoisotopic (exact) mass is 362 g/mol. The minimum absolute atomic E-state index is 0.609. The third-order valence-corrected chi connectivity index (χ3v) is 5.15. The quantitative estimate of drug-likeness (QED) is 0.600. The van der Waals surface area contributed by atoms with Crippen LogP contribution in [0.2, 0.25) is 0 Å². The van der Waals surface area contributed by atoms with Crippen LogP contribution in [-0.2, 0) is 0 Å². The Kier molecular flexibility index (Phi) is 3.92. The highest BCUT2D eigenvalue weighted by Crippen LogP contribution is 2.33. The van der Waals surface area contributed by atoms with Crippen molar-refractivity contribution in [3.05, 3.63) is 36.8 Å². The van der Waals surface area contributed by atoms with Crippen LogP contribution in [-0.4, -0.2) is 44.5 Å². The molecule has 0 spiro atoms. The Balaban J connectivity index is 1.62. The summed E-state index contributed by atoms with van der Waals surface area (Å²) < 4.78 is 7.62. The van der Waals surface area contributed by atoms with Crippen LogP contribution in [0.4, 0.5) is 5.82 Å². The van der Waals surface area contributed by atoms with Crippen LogP contribution in [0.5, 0.6) is 5.75 Å². The second-order valence-electron chi connectivity index (χ2n) is 6.90. The lowest BCUT2D eigenvalue weighted by Crippen LogP contribution is -2.29. The van der Waals surface area contributed by atoms with Crippen LogP contribution in [0.15, 0.2) is 36.8 Å². The zero-order valence-corrected chi connectivity index (χ0v) is 15.4. The van der Waals surface area contributed by atoms with Crippen LogP contribution in [0.25, 0.3) is 27.7 Å². The van der Waals surface area contributed by atoms with Gasteiger partial charge in [-0.25, -0.2) is 9.50 Å². The summed E-state index contributed by atoms with van der Waals surface area (Å²) in [5, 5.41) is 12.7. The van der Waals surface area contributed by atoms with Gasteiger partial charge in [-0.2, -0.15) is 5.10 Å². The van der Waals surface area contributed by atoms with Crippen molar-refractivity contribution < 1.29 is 4.74 Å². The summed E-state index contributed by atoms with van der Waals surface area (Å²) in [5.41, 5.74) is 3.87. The molecule has 4 aromatic heterocycles. The Labute approximate surface area is 157 Å². The summed E-state index contributed by atoms with van der Waals surface area (Å²) in [7, 11) is 0. The van der Waals surface area contributed by atoms with E-state index in [0.29, 0.717) is 6.61 Å². The first-order valence-corrected chi connectivity index (χ1v) is 9.53. The van der Waals surface area contributed by atoms with Crippen molar-refractivity contribution in [1.82, 2.24) is 24.8 Å². The second kappa shape index (κ2) is 6.57. The molecule has 0 amide bonds. The van der Waals surface area contributed by atoms with E-state index in [9.17, 15) is 0 Å². The third kappa shape index (κ3) is 2.79. The van der Waals surface area contributed by atoms with E-state index in [0.717, 1.165) is 52.3 Å². The van der Waals surface area contributed by atoms with Crippen LogP contribution in [0, 0.1) is 0 Å². The fourth-order valence-electron chi connectivity index (χ4n) is 3.86. The molecule has 1 fully saturated rings. The molecule has 0 atom stereocenters. The van der Waals surface area contributed by atoms with E-state index in [2.05, 4.69) is 38.4 Å². The first-order chi connectivity index (χ1) is 13.3. The van der Waals surface area contributed by atoms with Crippen LogP contribution in [0.1, 0.15) is 26.2 Å². The number of pyridine rings is 2. The summed E-state index contributed by atoms with van der Waals surface area (Å²) >= 11 is 0. The number of aromatic amines is 1. The van der Waals surface area contributed by atoms with Crippen molar-refractivity contribution in [2.45, 2.75) is 26.2 Å². The second-order valence-corrected chi connectivity index (χ2v) is 6.90. The lowest BCUT2D eigenvalue weighted by atomic mass is 10.1. The molecule has 0 unspecified atom stereocenters. The van der Waals surface area contributed by atoms with Gasteiger partial charge in [-0.3, -0.25) is 5.10 Å². The van der Waals surface area contributed by atoms with Gasteiger partial charge in [0.2, 0.25) is 0 Å². The molecular weight excluding hydrogens is 340 g/mol. The number of piperidine rings is 1. The van der Waals surface area contributed by atoms with Gasteiger partial charge in [0.25, 0.3) is 0 Å². The number of anilines is 1. The topological polar surface area (TPSA) is 71.3 Å². The van der Waals surface area contributed by atoms with Crippen molar-refractivity contribution in [2.24, 2.45) is 0 Å². The molecule has 1 aliphatic heterocycles. The number of H-pyrrole nitrogens is 1. The number of aromatic nitrogens is 5. The van der Waals surface area contributed by atoms with Crippen molar-refractivity contribution in [3.63, 3.8) is 0 Å². The Morgan fingerprint density at radius 1 is 1.15 bits per heavy atom. The van der Waals surface area contributed by atoms with E-state index in [1.165, 1.54) is 19.3 Å². The first-order valence-electron chi connectivity index (χ1n) is 9.53. The predicted octanol–water partition coefficient (Wildman–Crippen LogP) is 3.66. The molecule has 0 bridgehead atoms. The van der Waals surface area contributed by atoms with Gasteiger partial charge in [0.15, 0.2) is 5.65 Å². The fourth-order valence-corrected chi connectivity index (χ4v) is 3.86. The molecule has 1 aliphatic rings. The molecule has 27 heavy (non-hydrogen) atoms. The number of fused-ring (bicyclic) bond motifs is 3. The maximum absolute atomic E-state index is 5.75. The minimum atomic E-state index is 0.609. The zero-order valence-electron chi connectivity index (χ0n) is 15.4. The Morgan fingerprint density at radius 2 is 2.04 bits per heavy atom. The summed E-state index contributed by atoms with van der Waals surface area (Å²) in [4.78, 5) is 7.11. The van der Waals surface area contributed by atoms with E-state index in [-0.39, 0.29) is 0 Å². The van der Waals surface area contributed by atoms with Crippen molar-refractivity contribution in [1.29, 1.82) is 0 Å². The van der Waals surface area contributed by atoms with E-state index < -0.39 is 0 Å². The summed E-state index contributed by atoms with van der Waals surface area (Å²) in [6.45, 7) is 4.78. The van der Waals surface area contributed by atoms with Gasteiger partial charge in [-0.1, -0.05) is 0 Å². The summed E-state index contributed by atoms with van der Waals surface area (Å²) in [6, 6.07) is 6.32. The van der Waals surface area contributed by atoms with Crippen LogP contribution >= 0.6 is 0 Å².